The van der Waals surface area contributed by atoms with Gasteiger partial charge >= 0.3 is 0 Å². The van der Waals surface area contributed by atoms with Gasteiger partial charge in [-0.25, -0.2) is 4.98 Å². The molecule has 2 heterocycles. The first-order valence-corrected chi connectivity index (χ1v) is 6.47. The first-order chi connectivity index (χ1) is 9.60. The van der Waals surface area contributed by atoms with E-state index in [4.69, 9.17) is 20.9 Å². The van der Waals surface area contributed by atoms with Crippen molar-refractivity contribution in [1.29, 1.82) is 0 Å². The van der Waals surface area contributed by atoms with Crippen molar-refractivity contribution >= 4 is 17.5 Å². The smallest absolute Gasteiger partial charge is 0.271 e. The first-order valence-electron chi connectivity index (χ1n) is 6.10. The lowest BCUT2D eigenvalue weighted by Crippen LogP contribution is -2.24. The van der Waals surface area contributed by atoms with E-state index in [2.05, 4.69) is 15.5 Å². The average molecular weight is 296 g/mol. The monoisotopic (exact) mass is 295 g/mol. The van der Waals surface area contributed by atoms with E-state index in [1.54, 1.807) is 25.1 Å². The van der Waals surface area contributed by atoms with Crippen molar-refractivity contribution in [3.63, 3.8) is 0 Å². The Morgan fingerprint density at radius 1 is 1.50 bits per heavy atom. The van der Waals surface area contributed by atoms with Crippen molar-refractivity contribution in [2.75, 3.05) is 6.61 Å². The van der Waals surface area contributed by atoms with Gasteiger partial charge in [-0.15, -0.1) is 0 Å². The van der Waals surface area contributed by atoms with Crippen LogP contribution in [0.4, 0.5) is 0 Å². The lowest BCUT2D eigenvalue weighted by atomic mass is 10.3. The van der Waals surface area contributed by atoms with Crippen molar-refractivity contribution in [3.8, 4) is 5.88 Å². The second-order valence-corrected chi connectivity index (χ2v) is 4.43. The fourth-order valence-electron chi connectivity index (χ4n) is 1.57. The van der Waals surface area contributed by atoms with Gasteiger partial charge in [0.1, 0.15) is 11.5 Å². The van der Waals surface area contributed by atoms with Crippen LogP contribution >= 0.6 is 11.6 Å². The fraction of sp³-hybridized carbons (Fsp3) is 0.308. The lowest BCUT2D eigenvalue weighted by Gasteiger charge is -2.07. The van der Waals surface area contributed by atoms with Gasteiger partial charge in [-0.05, 0) is 19.9 Å². The van der Waals surface area contributed by atoms with Crippen molar-refractivity contribution < 1.29 is 14.1 Å². The van der Waals surface area contributed by atoms with Gasteiger partial charge in [0, 0.05) is 12.1 Å². The highest BCUT2D eigenvalue weighted by Crippen LogP contribution is 2.18. The van der Waals surface area contributed by atoms with Crippen LogP contribution in [-0.2, 0) is 6.54 Å². The molecule has 0 aliphatic heterocycles. The summed E-state index contributed by atoms with van der Waals surface area (Å²) in [4.78, 5) is 16.1. The quantitative estimate of drug-likeness (QED) is 0.916. The number of amides is 1. The summed E-state index contributed by atoms with van der Waals surface area (Å²) in [5.41, 5.74) is 0.755. The maximum Gasteiger partial charge on any atom is 0.271 e. The number of aromatic nitrogens is 2. The molecule has 2 rings (SSSR count). The minimum absolute atomic E-state index is 0.123. The van der Waals surface area contributed by atoms with E-state index in [1.807, 2.05) is 6.92 Å². The normalized spacial score (nSPS) is 10.3. The number of hydrogen-bond acceptors (Lipinski definition) is 5. The summed E-state index contributed by atoms with van der Waals surface area (Å²) in [6, 6.07) is 4.93. The van der Waals surface area contributed by atoms with Gasteiger partial charge in [0.2, 0.25) is 5.88 Å². The molecule has 1 N–H and O–H groups in total. The molecule has 0 aliphatic carbocycles. The van der Waals surface area contributed by atoms with Crippen LogP contribution in [0.1, 0.15) is 28.9 Å². The molecule has 20 heavy (non-hydrogen) atoms. The molecule has 0 saturated carbocycles. The molecule has 0 atom stereocenters. The van der Waals surface area contributed by atoms with Gasteiger partial charge in [-0.2, -0.15) is 0 Å². The maximum absolute atomic E-state index is 12.0. The van der Waals surface area contributed by atoms with E-state index in [0.717, 1.165) is 0 Å². The number of rotatable bonds is 5. The number of halogens is 1. The van der Waals surface area contributed by atoms with Crippen LogP contribution in [0.25, 0.3) is 0 Å². The van der Waals surface area contributed by atoms with Crippen LogP contribution in [0.3, 0.4) is 0 Å². The Labute approximate surface area is 121 Å². The number of hydrogen-bond donors (Lipinski definition) is 1. The highest BCUT2D eigenvalue weighted by Gasteiger charge is 2.14. The molecule has 6 nitrogen and oxygen atoms in total. The van der Waals surface area contributed by atoms with E-state index in [1.165, 1.54) is 0 Å². The van der Waals surface area contributed by atoms with Crippen molar-refractivity contribution in [2.24, 2.45) is 0 Å². The Morgan fingerprint density at radius 3 is 2.95 bits per heavy atom. The number of carbonyl (C=O) groups is 1. The second kappa shape index (κ2) is 6.38. The molecule has 106 valence electrons. The van der Waals surface area contributed by atoms with E-state index >= 15 is 0 Å². The van der Waals surface area contributed by atoms with E-state index in [0.29, 0.717) is 23.9 Å². The Balaban J connectivity index is 2.06. The largest absolute Gasteiger partial charge is 0.478 e. The van der Waals surface area contributed by atoms with Crippen LogP contribution in [0.15, 0.2) is 22.7 Å². The third-order valence-electron chi connectivity index (χ3n) is 2.43. The predicted molar refractivity (Wildman–Crippen MR) is 72.8 cm³/mol. The van der Waals surface area contributed by atoms with Crippen molar-refractivity contribution in [2.45, 2.75) is 20.4 Å². The van der Waals surface area contributed by atoms with Crippen LogP contribution < -0.4 is 10.1 Å². The summed E-state index contributed by atoms with van der Waals surface area (Å²) >= 11 is 5.96. The highest BCUT2D eigenvalue weighted by molar-refractivity contribution is 6.33. The third-order valence-corrected chi connectivity index (χ3v) is 2.74. The molecular weight excluding hydrogens is 282 g/mol. The Morgan fingerprint density at radius 2 is 2.30 bits per heavy atom. The molecule has 7 heteroatoms. The van der Waals surface area contributed by atoms with Crippen LogP contribution in [0, 0.1) is 6.92 Å². The SMILES string of the molecule is CCOc1ccc(Cl)c(C(=O)NCc2cc(C)on2)n1. The Kier molecular flexibility index (Phi) is 4.57. The van der Waals surface area contributed by atoms with Gasteiger partial charge in [-0.3, -0.25) is 4.79 Å². The molecule has 0 radical (unpaired) electrons. The summed E-state index contributed by atoms with van der Waals surface area (Å²) in [6.07, 6.45) is 0. The maximum atomic E-state index is 12.0. The molecule has 0 aliphatic rings. The minimum atomic E-state index is -0.391. The predicted octanol–water partition coefficient (Wildman–Crippen LogP) is 2.36. The first kappa shape index (κ1) is 14.3. The molecule has 0 aromatic carbocycles. The van der Waals surface area contributed by atoms with Gasteiger partial charge in [0.05, 0.1) is 18.2 Å². The lowest BCUT2D eigenvalue weighted by molar-refractivity contribution is 0.0944. The number of nitrogens with one attached hydrogen (secondary N) is 1. The molecule has 0 spiro atoms. The van der Waals surface area contributed by atoms with E-state index in [9.17, 15) is 4.79 Å². The van der Waals surface area contributed by atoms with Gasteiger partial charge in [-0.1, -0.05) is 16.8 Å². The topological polar surface area (TPSA) is 77.2 Å². The Bertz CT molecular complexity index is 613. The molecule has 0 unspecified atom stereocenters. The molecule has 0 bridgehead atoms. The van der Waals surface area contributed by atoms with Crippen LogP contribution in [0.5, 0.6) is 5.88 Å². The van der Waals surface area contributed by atoms with Gasteiger partial charge in [0.15, 0.2) is 5.69 Å². The molecule has 2 aromatic rings. The van der Waals surface area contributed by atoms with Crippen LogP contribution in [-0.4, -0.2) is 22.7 Å². The van der Waals surface area contributed by atoms with Crippen LogP contribution in [0.2, 0.25) is 5.02 Å². The summed E-state index contributed by atoms with van der Waals surface area (Å²) < 4.78 is 10.2. The zero-order valence-corrected chi connectivity index (χ0v) is 11.9. The number of nitrogens with zero attached hydrogens (tertiary/aromatic N) is 2. The standard InChI is InChI=1S/C13H14ClN3O3/c1-3-19-11-5-4-10(14)12(16-11)13(18)15-7-9-6-8(2)20-17-9/h4-6H,3,7H2,1-2H3,(H,15,18). The number of pyridine rings is 1. The summed E-state index contributed by atoms with van der Waals surface area (Å²) in [5.74, 6) is 0.653. The van der Waals surface area contributed by atoms with Gasteiger partial charge < -0.3 is 14.6 Å². The summed E-state index contributed by atoms with van der Waals surface area (Å²) in [7, 11) is 0. The van der Waals surface area contributed by atoms with Crippen molar-refractivity contribution in [3.05, 3.63) is 40.4 Å². The summed E-state index contributed by atoms with van der Waals surface area (Å²) in [5, 5.41) is 6.72. The number of carbonyl (C=O) groups excluding carboxylic acids is 1. The molecule has 1 amide bonds. The summed E-state index contributed by atoms with van der Waals surface area (Å²) in [6.45, 7) is 4.33. The molecule has 0 saturated heterocycles. The molecule has 0 fully saturated rings. The van der Waals surface area contributed by atoms with Gasteiger partial charge in [0.25, 0.3) is 5.91 Å². The zero-order chi connectivity index (χ0) is 14.5. The minimum Gasteiger partial charge on any atom is -0.478 e. The highest BCUT2D eigenvalue weighted by atomic mass is 35.5. The average Bonchev–Trinajstić information content (AvgIpc) is 2.84. The van der Waals surface area contributed by atoms with E-state index in [-0.39, 0.29) is 17.3 Å². The van der Waals surface area contributed by atoms with E-state index < -0.39 is 5.91 Å². The molecular formula is C13H14ClN3O3. The zero-order valence-electron chi connectivity index (χ0n) is 11.1. The fourth-order valence-corrected chi connectivity index (χ4v) is 1.76. The third kappa shape index (κ3) is 3.48. The van der Waals surface area contributed by atoms with Crippen molar-refractivity contribution in [1.82, 2.24) is 15.5 Å². The number of aryl methyl sites for hydroxylation is 1. The molecule has 2 aromatic heterocycles. The Hall–Kier alpha value is -2.08. The second-order valence-electron chi connectivity index (χ2n) is 4.02. The number of ether oxygens (including phenoxy) is 1.